The molecule has 76 valence electrons. The summed E-state index contributed by atoms with van der Waals surface area (Å²) in [6, 6.07) is 5.53. The van der Waals surface area contributed by atoms with E-state index in [0.29, 0.717) is 5.88 Å². The van der Waals surface area contributed by atoms with E-state index in [-0.39, 0.29) is 6.10 Å². The maximum Gasteiger partial charge on any atom is 0.213 e. The van der Waals surface area contributed by atoms with Crippen LogP contribution in [0.2, 0.25) is 0 Å². The van der Waals surface area contributed by atoms with Crippen molar-refractivity contribution in [3.63, 3.8) is 0 Å². The summed E-state index contributed by atoms with van der Waals surface area (Å²) >= 11 is 0. The predicted molar refractivity (Wildman–Crippen MR) is 53.1 cm³/mol. The van der Waals surface area contributed by atoms with Crippen molar-refractivity contribution < 1.29 is 9.84 Å². The van der Waals surface area contributed by atoms with Crippen molar-refractivity contribution in [1.82, 2.24) is 4.98 Å². The van der Waals surface area contributed by atoms with Crippen LogP contribution in [-0.4, -0.2) is 16.2 Å². The summed E-state index contributed by atoms with van der Waals surface area (Å²) in [5.41, 5.74) is 0.0618. The smallest absolute Gasteiger partial charge is 0.213 e. The zero-order valence-electron chi connectivity index (χ0n) is 8.53. The molecule has 1 aliphatic rings. The third-order valence-electron chi connectivity index (χ3n) is 2.28. The Kier molecular flexibility index (Phi) is 2.19. The first-order chi connectivity index (χ1) is 6.60. The molecule has 3 nitrogen and oxygen atoms in total. The van der Waals surface area contributed by atoms with Gasteiger partial charge in [0.1, 0.15) is 5.60 Å². The highest BCUT2D eigenvalue weighted by Gasteiger charge is 2.43. The number of nitrogens with zero attached hydrogens (tertiary/aromatic N) is 1. The Morgan fingerprint density at radius 1 is 1.43 bits per heavy atom. The van der Waals surface area contributed by atoms with Gasteiger partial charge >= 0.3 is 0 Å². The largest absolute Gasteiger partial charge is 0.475 e. The number of hydrogen-bond acceptors (Lipinski definition) is 3. The second-order valence-corrected chi connectivity index (χ2v) is 4.06. The van der Waals surface area contributed by atoms with Crippen LogP contribution in [0.4, 0.5) is 0 Å². The van der Waals surface area contributed by atoms with Crippen molar-refractivity contribution in [3.8, 4) is 5.88 Å². The fourth-order valence-electron chi connectivity index (χ4n) is 1.36. The van der Waals surface area contributed by atoms with Gasteiger partial charge in [-0.15, -0.1) is 0 Å². The van der Waals surface area contributed by atoms with Crippen molar-refractivity contribution in [1.29, 1.82) is 0 Å². The molecule has 0 aromatic carbocycles. The Balaban J connectivity index is 2.19. The quantitative estimate of drug-likeness (QED) is 0.796. The molecule has 1 aliphatic carbocycles. The second-order valence-electron chi connectivity index (χ2n) is 4.06. The molecule has 1 heterocycles. The van der Waals surface area contributed by atoms with Crippen LogP contribution < -0.4 is 4.74 Å². The van der Waals surface area contributed by atoms with Gasteiger partial charge in [0.05, 0.1) is 11.8 Å². The Labute approximate surface area is 83.7 Å². The maximum absolute atomic E-state index is 9.84. The fraction of sp³-hybridized carbons (Fsp3) is 0.545. The van der Waals surface area contributed by atoms with Gasteiger partial charge < -0.3 is 9.84 Å². The Morgan fingerprint density at radius 2 is 2.14 bits per heavy atom. The lowest BCUT2D eigenvalue weighted by atomic mass is 10.2. The van der Waals surface area contributed by atoms with Crippen molar-refractivity contribution in [2.24, 2.45) is 0 Å². The van der Waals surface area contributed by atoms with E-state index in [2.05, 4.69) is 4.98 Å². The van der Waals surface area contributed by atoms with Gasteiger partial charge in [-0.1, -0.05) is 6.07 Å². The van der Waals surface area contributed by atoms with Gasteiger partial charge in [0.25, 0.3) is 0 Å². The number of hydrogen-bond donors (Lipinski definition) is 1. The van der Waals surface area contributed by atoms with E-state index >= 15 is 0 Å². The Morgan fingerprint density at radius 3 is 2.71 bits per heavy atom. The molecule has 1 N–H and O–H groups in total. The molecule has 3 heteroatoms. The summed E-state index contributed by atoms with van der Waals surface area (Å²) in [6.45, 7) is 3.92. The van der Waals surface area contributed by atoms with Gasteiger partial charge in [-0.05, 0) is 32.8 Å². The molecule has 0 aliphatic heterocycles. The molecule has 0 atom stereocenters. The summed E-state index contributed by atoms with van der Waals surface area (Å²) in [5.74, 6) is 0.595. The van der Waals surface area contributed by atoms with E-state index in [1.165, 1.54) is 0 Å². The van der Waals surface area contributed by atoms with Crippen molar-refractivity contribution in [2.75, 3.05) is 0 Å². The molecule has 0 radical (unpaired) electrons. The molecule has 0 unspecified atom stereocenters. The van der Waals surface area contributed by atoms with Gasteiger partial charge in [-0.3, -0.25) is 0 Å². The van der Waals surface area contributed by atoms with Crippen molar-refractivity contribution in [2.45, 2.75) is 38.4 Å². The fourth-order valence-corrected chi connectivity index (χ4v) is 1.36. The van der Waals surface area contributed by atoms with Gasteiger partial charge in [0.2, 0.25) is 5.88 Å². The average molecular weight is 193 g/mol. The third-order valence-corrected chi connectivity index (χ3v) is 2.28. The van der Waals surface area contributed by atoms with Gasteiger partial charge in [0, 0.05) is 6.07 Å². The minimum atomic E-state index is -0.670. The first-order valence-corrected chi connectivity index (χ1v) is 4.97. The van der Waals surface area contributed by atoms with E-state index in [0.717, 1.165) is 18.5 Å². The van der Waals surface area contributed by atoms with Crippen LogP contribution in [0.25, 0.3) is 0 Å². The topological polar surface area (TPSA) is 42.4 Å². The van der Waals surface area contributed by atoms with Crippen LogP contribution in [0, 0.1) is 0 Å². The highest BCUT2D eigenvalue weighted by atomic mass is 16.5. The van der Waals surface area contributed by atoms with Crippen LogP contribution in [0.3, 0.4) is 0 Å². The molecule has 1 aromatic rings. The first kappa shape index (κ1) is 9.46. The molecule has 1 saturated carbocycles. The summed E-state index contributed by atoms with van der Waals surface area (Å²) in [7, 11) is 0. The molecule has 1 aromatic heterocycles. The van der Waals surface area contributed by atoms with Crippen molar-refractivity contribution >= 4 is 0 Å². The van der Waals surface area contributed by atoms with Gasteiger partial charge in [-0.2, -0.15) is 0 Å². The predicted octanol–water partition coefficient (Wildman–Crippen LogP) is 1.85. The van der Waals surface area contributed by atoms with E-state index in [1.807, 2.05) is 32.0 Å². The minimum Gasteiger partial charge on any atom is -0.475 e. The molecular formula is C11H15NO2. The van der Waals surface area contributed by atoms with E-state index in [9.17, 15) is 5.11 Å². The maximum atomic E-state index is 9.84. The first-order valence-electron chi connectivity index (χ1n) is 4.97. The van der Waals surface area contributed by atoms with E-state index in [1.54, 1.807) is 0 Å². The molecule has 0 saturated heterocycles. The lowest BCUT2D eigenvalue weighted by Crippen LogP contribution is -2.11. The van der Waals surface area contributed by atoms with Crippen molar-refractivity contribution in [3.05, 3.63) is 23.9 Å². The Bertz CT molecular complexity index is 332. The number of aromatic nitrogens is 1. The highest BCUT2D eigenvalue weighted by molar-refractivity contribution is 5.24. The van der Waals surface area contributed by atoms with Crippen LogP contribution in [0.15, 0.2) is 18.2 Å². The molecule has 0 spiro atoms. The normalized spacial score (nSPS) is 18.3. The van der Waals surface area contributed by atoms with Crippen LogP contribution in [0.1, 0.15) is 32.4 Å². The Hall–Kier alpha value is -1.09. The molecule has 0 amide bonds. The summed E-state index contributed by atoms with van der Waals surface area (Å²) in [4.78, 5) is 4.27. The highest BCUT2D eigenvalue weighted by Crippen LogP contribution is 2.44. The SMILES string of the molecule is CC(C)Oc1cccc(C2(O)CC2)n1. The monoisotopic (exact) mass is 193 g/mol. The van der Waals surface area contributed by atoms with Gasteiger partial charge in [-0.25, -0.2) is 4.98 Å². The summed E-state index contributed by atoms with van der Waals surface area (Å²) < 4.78 is 5.46. The van der Waals surface area contributed by atoms with E-state index in [4.69, 9.17) is 4.74 Å². The molecule has 14 heavy (non-hydrogen) atoms. The molecule has 1 fully saturated rings. The number of pyridine rings is 1. The van der Waals surface area contributed by atoms with Gasteiger partial charge in [0.15, 0.2) is 0 Å². The summed E-state index contributed by atoms with van der Waals surface area (Å²) in [6.07, 6.45) is 1.74. The number of ether oxygens (including phenoxy) is 1. The lowest BCUT2D eigenvalue weighted by molar-refractivity contribution is 0.143. The second kappa shape index (κ2) is 3.24. The summed E-state index contributed by atoms with van der Waals surface area (Å²) in [5, 5.41) is 9.84. The minimum absolute atomic E-state index is 0.117. The lowest BCUT2D eigenvalue weighted by Gasteiger charge is -2.11. The van der Waals surface area contributed by atoms with Crippen LogP contribution in [0.5, 0.6) is 5.88 Å². The zero-order chi connectivity index (χ0) is 10.2. The van der Waals surface area contributed by atoms with E-state index < -0.39 is 5.60 Å². The number of aliphatic hydroxyl groups is 1. The standard InChI is InChI=1S/C11H15NO2/c1-8(2)14-10-5-3-4-9(12-10)11(13)6-7-11/h3-5,8,13H,6-7H2,1-2H3. The van der Waals surface area contributed by atoms with Crippen LogP contribution in [-0.2, 0) is 5.60 Å². The van der Waals surface area contributed by atoms with Crippen LogP contribution >= 0.6 is 0 Å². The average Bonchev–Trinajstić information content (AvgIpc) is 2.84. The third kappa shape index (κ3) is 1.87. The molecular weight excluding hydrogens is 178 g/mol. The number of rotatable bonds is 3. The zero-order valence-corrected chi connectivity index (χ0v) is 8.53. The molecule has 0 bridgehead atoms. The molecule has 2 rings (SSSR count).